The monoisotopic (exact) mass is 275 g/mol. The summed E-state index contributed by atoms with van der Waals surface area (Å²) in [6.45, 7) is -0.223. The summed E-state index contributed by atoms with van der Waals surface area (Å²) >= 11 is 0. The van der Waals surface area contributed by atoms with Gasteiger partial charge in [0.05, 0.1) is 6.54 Å². The van der Waals surface area contributed by atoms with Gasteiger partial charge in [-0.3, -0.25) is 4.79 Å². The number of carbonyl (C=O) groups is 2. The number of fused-ring (bicyclic) bond motifs is 1. The highest BCUT2D eigenvalue weighted by molar-refractivity contribution is 5.87. The standard InChI is InChI=1S/C14H17N3O3/c1-17-8-9(10-4-2-3-5-12(10)17)6-11(14(19)20)16-13(18)7-15/h2-5,8,11H,6-7,15H2,1H3,(H,16,18)(H,19,20). The van der Waals surface area contributed by atoms with Crippen molar-refractivity contribution in [1.82, 2.24) is 9.88 Å². The van der Waals surface area contributed by atoms with E-state index in [1.54, 1.807) is 0 Å². The number of aliphatic carboxylic acids is 1. The third-order valence-electron chi connectivity index (χ3n) is 3.22. The normalized spacial score (nSPS) is 12.3. The van der Waals surface area contributed by atoms with Crippen molar-refractivity contribution in [3.05, 3.63) is 36.0 Å². The van der Waals surface area contributed by atoms with Crippen LogP contribution in [0.25, 0.3) is 10.9 Å². The SMILES string of the molecule is Cn1cc(CC(NC(=O)CN)C(=O)O)c2ccccc21. The summed E-state index contributed by atoms with van der Waals surface area (Å²) in [5.41, 5.74) is 7.11. The number of benzene rings is 1. The number of hydrogen-bond donors (Lipinski definition) is 3. The average Bonchev–Trinajstić information content (AvgIpc) is 2.75. The first-order valence-corrected chi connectivity index (χ1v) is 6.28. The van der Waals surface area contributed by atoms with E-state index in [-0.39, 0.29) is 13.0 Å². The van der Waals surface area contributed by atoms with Crippen LogP contribution in [0.5, 0.6) is 0 Å². The van der Waals surface area contributed by atoms with Crippen LogP contribution in [-0.4, -0.2) is 34.1 Å². The van der Waals surface area contributed by atoms with Crippen molar-refractivity contribution in [2.24, 2.45) is 12.8 Å². The van der Waals surface area contributed by atoms with E-state index >= 15 is 0 Å². The molecular weight excluding hydrogens is 258 g/mol. The molecule has 2 rings (SSSR count). The summed E-state index contributed by atoms with van der Waals surface area (Å²) in [5, 5.41) is 12.6. The lowest BCUT2D eigenvalue weighted by molar-refractivity contribution is -0.141. The Morgan fingerprint density at radius 1 is 1.40 bits per heavy atom. The van der Waals surface area contributed by atoms with Gasteiger partial charge in [-0.15, -0.1) is 0 Å². The van der Waals surface area contributed by atoms with Gasteiger partial charge in [0.2, 0.25) is 5.91 Å². The van der Waals surface area contributed by atoms with Crippen LogP contribution in [0.1, 0.15) is 5.56 Å². The van der Waals surface area contributed by atoms with E-state index in [4.69, 9.17) is 5.73 Å². The predicted molar refractivity (Wildman–Crippen MR) is 75.2 cm³/mol. The summed E-state index contributed by atoms with van der Waals surface area (Å²) in [6.07, 6.45) is 2.11. The van der Waals surface area contributed by atoms with Gasteiger partial charge in [0, 0.05) is 30.6 Å². The molecule has 0 bridgehead atoms. The lowest BCUT2D eigenvalue weighted by atomic mass is 10.1. The fourth-order valence-corrected chi connectivity index (χ4v) is 2.26. The topological polar surface area (TPSA) is 97.4 Å². The van der Waals surface area contributed by atoms with Crippen molar-refractivity contribution < 1.29 is 14.7 Å². The maximum absolute atomic E-state index is 11.3. The van der Waals surface area contributed by atoms with Crippen molar-refractivity contribution in [1.29, 1.82) is 0 Å². The molecule has 1 amide bonds. The molecule has 0 saturated heterocycles. The molecule has 0 fully saturated rings. The van der Waals surface area contributed by atoms with E-state index in [1.165, 1.54) is 0 Å². The van der Waals surface area contributed by atoms with Gasteiger partial charge in [0.1, 0.15) is 6.04 Å². The Hall–Kier alpha value is -2.34. The van der Waals surface area contributed by atoms with Crippen LogP contribution >= 0.6 is 0 Å². The summed E-state index contributed by atoms with van der Waals surface area (Å²) in [6, 6.07) is 6.76. The van der Waals surface area contributed by atoms with E-state index in [2.05, 4.69) is 5.32 Å². The van der Waals surface area contributed by atoms with Gasteiger partial charge in [-0.05, 0) is 11.6 Å². The first-order valence-electron chi connectivity index (χ1n) is 6.28. The number of para-hydroxylation sites is 1. The maximum atomic E-state index is 11.3. The molecule has 4 N–H and O–H groups in total. The Morgan fingerprint density at radius 3 is 2.75 bits per heavy atom. The summed E-state index contributed by atoms with van der Waals surface area (Å²) in [4.78, 5) is 22.5. The van der Waals surface area contributed by atoms with Gasteiger partial charge >= 0.3 is 5.97 Å². The molecule has 0 aliphatic heterocycles. The lowest BCUT2D eigenvalue weighted by Crippen LogP contribution is -2.44. The van der Waals surface area contributed by atoms with Crippen molar-refractivity contribution in [3.63, 3.8) is 0 Å². The van der Waals surface area contributed by atoms with Crippen LogP contribution in [0.2, 0.25) is 0 Å². The molecule has 1 aromatic heterocycles. The molecule has 0 aliphatic rings. The molecule has 0 spiro atoms. The first kappa shape index (κ1) is 14.1. The zero-order valence-corrected chi connectivity index (χ0v) is 11.2. The molecule has 0 saturated carbocycles. The van der Waals surface area contributed by atoms with Gasteiger partial charge < -0.3 is 20.7 Å². The Kier molecular flexibility index (Phi) is 4.05. The van der Waals surface area contributed by atoms with Gasteiger partial charge in [0.15, 0.2) is 0 Å². The number of carboxylic acids is 1. The smallest absolute Gasteiger partial charge is 0.326 e. The predicted octanol–water partition coefficient (Wildman–Crippen LogP) is 0.249. The van der Waals surface area contributed by atoms with Gasteiger partial charge in [-0.2, -0.15) is 0 Å². The highest BCUT2D eigenvalue weighted by Gasteiger charge is 2.21. The third kappa shape index (κ3) is 2.80. The molecule has 0 aliphatic carbocycles. The zero-order chi connectivity index (χ0) is 14.7. The highest BCUT2D eigenvalue weighted by Crippen LogP contribution is 2.21. The molecule has 106 valence electrons. The fraction of sp³-hybridized carbons (Fsp3) is 0.286. The summed E-state index contributed by atoms with van der Waals surface area (Å²) < 4.78 is 1.94. The summed E-state index contributed by atoms with van der Waals surface area (Å²) in [5.74, 6) is -1.54. The molecule has 6 nitrogen and oxygen atoms in total. The quantitative estimate of drug-likeness (QED) is 0.728. The zero-order valence-electron chi connectivity index (χ0n) is 11.2. The Bertz CT molecular complexity index is 648. The van der Waals surface area contributed by atoms with Crippen molar-refractivity contribution in [3.8, 4) is 0 Å². The van der Waals surface area contributed by atoms with Gasteiger partial charge in [-0.25, -0.2) is 4.79 Å². The Balaban J connectivity index is 2.29. The molecule has 1 atom stereocenters. The molecule has 20 heavy (non-hydrogen) atoms. The van der Waals surface area contributed by atoms with Crippen LogP contribution in [0.15, 0.2) is 30.5 Å². The summed E-state index contributed by atoms with van der Waals surface area (Å²) in [7, 11) is 1.90. The Labute approximate surface area is 116 Å². The molecule has 1 unspecified atom stereocenters. The van der Waals surface area contributed by atoms with Crippen LogP contribution < -0.4 is 11.1 Å². The van der Waals surface area contributed by atoms with Crippen molar-refractivity contribution in [2.45, 2.75) is 12.5 Å². The minimum atomic E-state index is -1.07. The molecule has 1 heterocycles. The number of hydrogen-bond acceptors (Lipinski definition) is 3. The van der Waals surface area contributed by atoms with E-state index in [9.17, 15) is 14.7 Å². The van der Waals surface area contributed by atoms with Crippen LogP contribution in [0.3, 0.4) is 0 Å². The fourth-order valence-electron chi connectivity index (χ4n) is 2.26. The third-order valence-corrected chi connectivity index (χ3v) is 3.22. The molecule has 2 aromatic rings. The molecule has 1 aromatic carbocycles. The number of nitrogens with zero attached hydrogens (tertiary/aromatic N) is 1. The van der Waals surface area contributed by atoms with Crippen LogP contribution in [0.4, 0.5) is 0 Å². The molecule has 0 radical (unpaired) electrons. The largest absolute Gasteiger partial charge is 0.480 e. The van der Waals surface area contributed by atoms with Gasteiger partial charge in [0.25, 0.3) is 0 Å². The van der Waals surface area contributed by atoms with E-state index < -0.39 is 17.9 Å². The molecule has 6 heteroatoms. The maximum Gasteiger partial charge on any atom is 0.326 e. The number of nitrogens with two attached hydrogens (primary N) is 1. The van der Waals surface area contributed by atoms with Gasteiger partial charge in [-0.1, -0.05) is 18.2 Å². The Morgan fingerprint density at radius 2 is 2.10 bits per heavy atom. The van der Waals surface area contributed by atoms with Crippen LogP contribution in [0, 0.1) is 0 Å². The second kappa shape index (κ2) is 5.75. The molecular formula is C14H17N3O3. The minimum Gasteiger partial charge on any atom is -0.480 e. The highest BCUT2D eigenvalue weighted by atomic mass is 16.4. The van der Waals surface area contributed by atoms with Crippen molar-refractivity contribution in [2.75, 3.05) is 6.54 Å². The average molecular weight is 275 g/mol. The van der Waals surface area contributed by atoms with E-state index in [0.29, 0.717) is 0 Å². The number of carbonyl (C=O) groups excluding carboxylic acids is 1. The first-order chi connectivity index (χ1) is 9.52. The van der Waals surface area contributed by atoms with Crippen molar-refractivity contribution >= 4 is 22.8 Å². The van der Waals surface area contributed by atoms with E-state index in [1.807, 2.05) is 42.1 Å². The number of rotatable bonds is 5. The van der Waals surface area contributed by atoms with Crippen LogP contribution in [-0.2, 0) is 23.1 Å². The number of nitrogens with one attached hydrogen (secondary N) is 1. The number of aryl methyl sites for hydroxylation is 1. The number of carboxylic acid groups (broad SMARTS) is 1. The number of amides is 1. The van der Waals surface area contributed by atoms with E-state index in [0.717, 1.165) is 16.5 Å². The lowest BCUT2D eigenvalue weighted by Gasteiger charge is -2.13. The second-order valence-electron chi connectivity index (χ2n) is 4.65. The minimum absolute atomic E-state index is 0.223. The number of aromatic nitrogens is 1. The second-order valence-corrected chi connectivity index (χ2v) is 4.65.